The fourth-order valence-electron chi connectivity index (χ4n) is 0.981. The van der Waals surface area contributed by atoms with Crippen molar-refractivity contribution in [1.29, 1.82) is 0 Å². The van der Waals surface area contributed by atoms with E-state index in [1.54, 1.807) is 6.92 Å². The van der Waals surface area contributed by atoms with E-state index < -0.39 is 19.1 Å². The summed E-state index contributed by atoms with van der Waals surface area (Å²) in [6.07, 6.45) is 0.585. The Hall–Kier alpha value is -0.800. The first kappa shape index (κ1) is 9.29. The Labute approximate surface area is 70.2 Å². The SMILES string of the molecule is CCC1=C(C)OCC(F)(F)CO1. The molecule has 0 N–H and O–H groups in total. The Balaban J connectivity index is 2.67. The van der Waals surface area contributed by atoms with E-state index >= 15 is 0 Å². The summed E-state index contributed by atoms with van der Waals surface area (Å²) in [5.74, 6) is -1.88. The normalized spacial score (nSPS) is 22.7. The fourth-order valence-corrected chi connectivity index (χ4v) is 0.981. The summed E-state index contributed by atoms with van der Waals surface area (Å²) in [5.41, 5.74) is 0. The third-order valence-corrected chi connectivity index (χ3v) is 1.67. The standard InChI is InChI=1S/C8H12F2O2/c1-3-7-6(2)11-4-8(9,10)5-12-7/h3-5H2,1-2H3. The predicted octanol–water partition coefficient (Wildman–Crippen LogP) is 2.31. The molecule has 12 heavy (non-hydrogen) atoms. The van der Waals surface area contributed by atoms with Gasteiger partial charge in [0.2, 0.25) is 0 Å². The molecule has 0 saturated heterocycles. The van der Waals surface area contributed by atoms with Gasteiger partial charge in [0.05, 0.1) is 0 Å². The zero-order valence-electron chi connectivity index (χ0n) is 7.19. The highest BCUT2D eigenvalue weighted by Crippen LogP contribution is 2.24. The van der Waals surface area contributed by atoms with E-state index in [1.165, 1.54) is 0 Å². The van der Waals surface area contributed by atoms with Gasteiger partial charge >= 0.3 is 5.92 Å². The average Bonchev–Trinajstić information content (AvgIpc) is 2.13. The summed E-state index contributed by atoms with van der Waals surface area (Å²) >= 11 is 0. The average molecular weight is 178 g/mol. The van der Waals surface area contributed by atoms with E-state index in [4.69, 9.17) is 9.47 Å². The van der Waals surface area contributed by atoms with Crippen molar-refractivity contribution < 1.29 is 18.3 Å². The lowest BCUT2D eigenvalue weighted by Crippen LogP contribution is -2.27. The predicted molar refractivity (Wildman–Crippen MR) is 39.8 cm³/mol. The molecule has 0 aromatic carbocycles. The highest BCUT2D eigenvalue weighted by molar-refractivity contribution is 5.00. The minimum Gasteiger partial charge on any atom is -0.488 e. The Morgan fingerprint density at radius 3 is 2.50 bits per heavy atom. The number of rotatable bonds is 1. The highest BCUT2D eigenvalue weighted by atomic mass is 19.3. The van der Waals surface area contributed by atoms with Crippen molar-refractivity contribution in [3.05, 3.63) is 11.5 Å². The number of hydrogen-bond acceptors (Lipinski definition) is 2. The molecule has 0 aliphatic carbocycles. The minimum atomic E-state index is -2.86. The van der Waals surface area contributed by atoms with E-state index in [9.17, 15) is 8.78 Å². The molecule has 1 heterocycles. The van der Waals surface area contributed by atoms with Crippen LogP contribution in [0.1, 0.15) is 20.3 Å². The van der Waals surface area contributed by atoms with Crippen LogP contribution in [0.5, 0.6) is 0 Å². The molecule has 0 saturated carbocycles. The number of hydrogen-bond donors (Lipinski definition) is 0. The van der Waals surface area contributed by atoms with E-state index in [2.05, 4.69) is 0 Å². The Morgan fingerprint density at radius 2 is 1.92 bits per heavy atom. The molecule has 1 aliphatic rings. The van der Waals surface area contributed by atoms with Gasteiger partial charge in [0, 0.05) is 6.42 Å². The van der Waals surface area contributed by atoms with E-state index in [-0.39, 0.29) is 0 Å². The van der Waals surface area contributed by atoms with Crippen LogP contribution in [0.3, 0.4) is 0 Å². The fraction of sp³-hybridized carbons (Fsp3) is 0.750. The summed E-state index contributed by atoms with van der Waals surface area (Å²) in [7, 11) is 0. The third-order valence-electron chi connectivity index (χ3n) is 1.67. The van der Waals surface area contributed by atoms with Crippen LogP contribution < -0.4 is 0 Å². The first-order valence-corrected chi connectivity index (χ1v) is 3.88. The van der Waals surface area contributed by atoms with Crippen LogP contribution in [-0.4, -0.2) is 19.1 Å². The summed E-state index contributed by atoms with van der Waals surface area (Å²) in [5, 5.41) is 0. The Morgan fingerprint density at radius 1 is 1.33 bits per heavy atom. The van der Waals surface area contributed by atoms with Crippen LogP contribution >= 0.6 is 0 Å². The van der Waals surface area contributed by atoms with Crippen molar-refractivity contribution in [2.75, 3.05) is 13.2 Å². The van der Waals surface area contributed by atoms with E-state index in [1.807, 2.05) is 6.92 Å². The summed E-state index contributed by atoms with van der Waals surface area (Å²) in [4.78, 5) is 0. The molecule has 70 valence electrons. The van der Waals surface area contributed by atoms with Gasteiger partial charge in [-0.15, -0.1) is 0 Å². The second-order valence-electron chi connectivity index (χ2n) is 2.77. The molecule has 0 fully saturated rings. The lowest BCUT2D eigenvalue weighted by atomic mass is 10.3. The minimum absolute atomic E-state index is 0.467. The molecule has 4 heteroatoms. The highest BCUT2D eigenvalue weighted by Gasteiger charge is 2.34. The lowest BCUT2D eigenvalue weighted by molar-refractivity contribution is -0.0861. The number of halogens is 2. The van der Waals surface area contributed by atoms with Gasteiger partial charge in [-0.3, -0.25) is 0 Å². The second kappa shape index (κ2) is 3.29. The number of ether oxygens (including phenoxy) is 2. The van der Waals surface area contributed by atoms with Gasteiger partial charge in [-0.1, -0.05) is 6.92 Å². The van der Waals surface area contributed by atoms with E-state index in [0.717, 1.165) is 0 Å². The smallest absolute Gasteiger partial charge is 0.314 e. The molecular weight excluding hydrogens is 166 g/mol. The number of allylic oxidation sites excluding steroid dienone is 2. The van der Waals surface area contributed by atoms with Gasteiger partial charge in [0.1, 0.15) is 11.5 Å². The molecule has 0 aromatic heterocycles. The maximum atomic E-state index is 12.7. The molecule has 0 amide bonds. The number of alkyl halides is 2. The molecule has 0 aromatic rings. The van der Waals surface area contributed by atoms with Crippen LogP contribution in [0.15, 0.2) is 11.5 Å². The van der Waals surface area contributed by atoms with Gasteiger partial charge in [-0.05, 0) is 6.92 Å². The molecule has 1 aliphatic heterocycles. The van der Waals surface area contributed by atoms with Crippen molar-refractivity contribution in [2.24, 2.45) is 0 Å². The van der Waals surface area contributed by atoms with Crippen molar-refractivity contribution in [2.45, 2.75) is 26.2 Å². The molecule has 0 unspecified atom stereocenters. The molecule has 2 nitrogen and oxygen atoms in total. The van der Waals surface area contributed by atoms with Gasteiger partial charge < -0.3 is 9.47 Å². The van der Waals surface area contributed by atoms with E-state index in [0.29, 0.717) is 17.9 Å². The first-order valence-electron chi connectivity index (χ1n) is 3.88. The topological polar surface area (TPSA) is 18.5 Å². The van der Waals surface area contributed by atoms with Crippen molar-refractivity contribution in [3.8, 4) is 0 Å². The van der Waals surface area contributed by atoms with Crippen LogP contribution in [-0.2, 0) is 9.47 Å². The molecule has 0 radical (unpaired) electrons. The quantitative estimate of drug-likeness (QED) is 0.613. The molecule has 0 atom stereocenters. The Kier molecular flexibility index (Phi) is 2.55. The van der Waals surface area contributed by atoms with Crippen molar-refractivity contribution in [3.63, 3.8) is 0 Å². The Bertz CT molecular complexity index is 199. The summed E-state index contributed by atoms with van der Waals surface area (Å²) in [6.45, 7) is 2.32. The van der Waals surface area contributed by atoms with Crippen molar-refractivity contribution in [1.82, 2.24) is 0 Å². The molecular formula is C8H12F2O2. The summed E-state index contributed by atoms with van der Waals surface area (Å²) in [6, 6.07) is 0. The first-order chi connectivity index (χ1) is 5.55. The van der Waals surface area contributed by atoms with Gasteiger partial charge in [-0.25, -0.2) is 0 Å². The molecule has 0 bridgehead atoms. The largest absolute Gasteiger partial charge is 0.488 e. The van der Waals surface area contributed by atoms with Crippen molar-refractivity contribution >= 4 is 0 Å². The zero-order valence-corrected chi connectivity index (χ0v) is 7.19. The van der Waals surface area contributed by atoms with Crippen LogP contribution in [0, 0.1) is 0 Å². The van der Waals surface area contributed by atoms with Gasteiger partial charge in [0.15, 0.2) is 13.2 Å². The maximum Gasteiger partial charge on any atom is 0.314 e. The lowest BCUT2D eigenvalue weighted by Gasteiger charge is -2.11. The third kappa shape index (κ3) is 2.09. The summed E-state index contributed by atoms with van der Waals surface area (Å²) < 4.78 is 35.1. The second-order valence-corrected chi connectivity index (χ2v) is 2.77. The van der Waals surface area contributed by atoms with Crippen LogP contribution in [0.4, 0.5) is 8.78 Å². The van der Waals surface area contributed by atoms with Crippen LogP contribution in [0.25, 0.3) is 0 Å². The van der Waals surface area contributed by atoms with Gasteiger partial charge in [0.25, 0.3) is 0 Å². The van der Waals surface area contributed by atoms with Crippen LogP contribution in [0.2, 0.25) is 0 Å². The molecule has 1 rings (SSSR count). The monoisotopic (exact) mass is 178 g/mol. The maximum absolute atomic E-state index is 12.7. The van der Waals surface area contributed by atoms with Gasteiger partial charge in [-0.2, -0.15) is 8.78 Å². The zero-order chi connectivity index (χ0) is 9.19. The molecule has 0 spiro atoms.